The van der Waals surface area contributed by atoms with Gasteiger partial charge in [-0.25, -0.2) is 8.42 Å². The van der Waals surface area contributed by atoms with E-state index in [4.69, 9.17) is 14.2 Å². The van der Waals surface area contributed by atoms with Crippen LogP contribution in [0.3, 0.4) is 0 Å². The summed E-state index contributed by atoms with van der Waals surface area (Å²) in [6, 6.07) is 3.09. The fourth-order valence-electron chi connectivity index (χ4n) is 2.52. The van der Waals surface area contributed by atoms with Crippen molar-refractivity contribution < 1.29 is 22.6 Å². The Hall–Kier alpha value is -1.47. The molecule has 1 aromatic carbocycles. The molecule has 0 atom stereocenters. The van der Waals surface area contributed by atoms with Gasteiger partial charge in [0.25, 0.3) is 0 Å². The second-order valence-corrected chi connectivity index (χ2v) is 6.70. The number of nitrogens with zero attached hydrogens (tertiary/aromatic N) is 1. The van der Waals surface area contributed by atoms with Crippen LogP contribution >= 0.6 is 0 Å². The van der Waals surface area contributed by atoms with Crippen molar-refractivity contribution in [2.24, 2.45) is 0 Å². The predicted octanol–water partition coefficient (Wildman–Crippen LogP) is 1.89. The summed E-state index contributed by atoms with van der Waals surface area (Å²) in [6.45, 7) is 1.08. The fourth-order valence-corrected chi connectivity index (χ4v) is 4.19. The van der Waals surface area contributed by atoms with Gasteiger partial charge in [-0.1, -0.05) is 6.42 Å². The van der Waals surface area contributed by atoms with Crippen molar-refractivity contribution in [1.29, 1.82) is 0 Å². The third kappa shape index (κ3) is 2.94. The smallest absolute Gasteiger partial charge is 0.246 e. The second kappa shape index (κ2) is 6.53. The van der Waals surface area contributed by atoms with Crippen LogP contribution in [-0.2, 0) is 10.0 Å². The topological polar surface area (TPSA) is 65.1 Å². The zero-order valence-corrected chi connectivity index (χ0v) is 13.4. The molecule has 1 aromatic rings. The monoisotopic (exact) mass is 315 g/mol. The lowest BCUT2D eigenvalue weighted by atomic mass is 10.2. The van der Waals surface area contributed by atoms with Gasteiger partial charge in [0.15, 0.2) is 11.5 Å². The molecule has 2 rings (SSSR count). The van der Waals surface area contributed by atoms with E-state index in [9.17, 15) is 8.42 Å². The van der Waals surface area contributed by atoms with E-state index in [1.807, 2.05) is 0 Å². The maximum atomic E-state index is 12.8. The molecule has 1 aliphatic rings. The normalized spacial score (nSPS) is 16.5. The molecule has 0 aliphatic carbocycles. The SMILES string of the molecule is COc1ccc(S(=O)(=O)N2CCCCC2)c(OC)c1OC. The molecule has 0 aromatic heterocycles. The summed E-state index contributed by atoms with van der Waals surface area (Å²) in [7, 11) is 0.786. The molecule has 0 bridgehead atoms. The molecule has 0 N–H and O–H groups in total. The quantitative estimate of drug-likeness (QED) is 0.830. The highest BCUT2D eigenvalue weighted by atomic mass is 32.2. The first-order chi connectivity index (χ1) is 10.1. The highest BCUT2D eigenvalue weighted by molar-refractivity contribution is 7.89. The molecule has 7 heteroatoms. The summed E-state index contributed by atoms with van der Waals surface area (Å²) in [4.78, 5) is 0.115. The number of hydrogen-bond donors (Lipinski definition) is 0. The lowest BCUT2D eigenvalue weighted by Crippen LogP contribution is -2.35. The Kier molecular flexibility index (Phi) is 4.95. The second-order valence-electron chi connectivity index (χ2n) is 4.80. The molecule has 1 heterocycles. The van der Waals surface area contributed by atoms with Crippen LogP contribution in [0.25, 0.3) is 0 Å². The number of sulfonamides is 1. The van der Waals surface area contributed by atoms with Crippen LogP contribution in [0, 0.1) is 0 Å². The van der Waals surface area contributed by atoms with Gasteiger partial charge in [0.2, 0.25) is 15.8 Å². The van der Waals surface area contributed by atoms with E-state index in [0.717, 1.165) is 19.3 Å². The Balaban J connectivity index is 2.52. The molecule has 118 valence electrons. The maximum absolute atomic E-state index is 12.8. The Morgan fingerprint density at radius 2 is 1.52 bits per heavy atom. The maximum Gasteiger partial charge on any atom is 0.246 e. The molecule has 0 radical (unpaired) electrons. The van der Waals surface area contributed by atoms with Crippen molar-refractivity contribution in [3.05, 3.63) is 12.1 Å². The van der Waals surface area contributed by atoms with E-state index in [2.05, 4.69) is 0 Å². The Morgan fingerprint density at radius 3 is 2.05 bits per heavy atom. The third-order valence-electron chi connectivity index (χ3n) is 3.60. The van der Waals surface area contributed by atoms with Gasteiger partial charge in [-0.15, -0.1) is 0 Å². The van der Waals surface area contributed by atoms with Gasteiger partial charge in [-0.2, -0.15) is 4.31 Å². The molecule has 6 nitrogen and oxygen atoms in total. The van der Waals surface area contributed by atoms with Crippen LogP contribution in [0.15, 0.2) is 17.0 Å². The summed E-state index contributed by atoms with van der Waals surface area (Å²) in [5, 5.41) is 0. The molecule has 0 spiro atoms. The minimum absolute atomic E-state index is 0.115. The summed E-state index contributed by atoms with van der Waals surface area (Å²) < 4.78 is 42.8. The van der Waals surface area contributed by atoms with Crippen LogP contribution in [0.1, 0.15) is 19.3 Å². The average molecular weight is 315 g/mol. The van der Waals surface area contributed by atoms with E-state index in [-0.39, 0.29) is 16.4 Å². The van der Waals surface area contributed by atoms with Crippen LogP contribution in [0.2, 0.25) is 0 Å². The number of piperidine rings is 1. The standard InChI is InChI=1S/C14H21NO5S/c1-18-11-7-8-12(14(20-3)13(11)19-2)21(16,17)15-9-5-4-6-10-15/h7-8H,4-6,9-10H2,1-3H3. The number of hydrogen-bond acceptors (Lipinski definition) is 5. The molecule has 1 saturated heterocycles. The Morgan fingerprint density at radius 1 is 0.905 bits per heavy atom. The highest BCUT2D eigenvalue weighted by Crippen LogP contribution is 2.42. The van der Waals surface area contributed by atoms with E-state index in [1.165, 1.54) is 31.7 Å². The van der Waals surface area contributed by atoms with Gasteiger partial charge in [-0.05, 0) is 25.0 Å². The van der Waals surface area contributed by atoms with Crippen molar-refractivity contribution in [2.75, 3.05) is 34.4 Å². The first kappa shape index (κ1) is 15.9. The number of methoxy groups -OCH3 is 3. The minimum Gasteiger partial charge on any atom is -0.493 e. The number of rotatable bonds is 5. The van der Waals surface area contributed by atoms with Gasteiger partial charge in [-0.3, -0.25) is 0 Å². The van der Waals surface area contributed by atoms with Crippen LogP contribution < -0.4 is 14.2 Å². The first-order valence-corrected chi connectivity index (χ1v) is 8.29. The van der Waals surface area contributed by atoms with Crippen LogP contribution in [0.4, 0.5) is 0 Å². The van der Waals surface area contributed by atoms with Crippen molar-refractivity contribution in [2.45, 2.75) is 24.2 Å². The molecule has 1 fully saturated rings. The first-order valence-electron chi connectivity index (χ1n) is 6.85. The lowest BCUT2D eigenvalue weighted by Gasteiger charge is -2.27. The Bertz CT molecular complexity index is 594. The van der Waals surface area contributed by atoms with Crippen molar-refractivity contribution in [3.63, 3.8) is 0 Å². The van der Waals surface area contributed by atoms with E-state index in [0.29, 0.717) is 18.8 Å². The molecule has 0 amide bonds. The van der Waals surface area contributed by atoms with Gasteiger partial charge in [0.1, 0.15) is 4.90 Å². The molecule has 21 heavy (non-hydrogen) atoms. The predicted molar refractivity (Wildman–Crippen MR) is 78.7 cm³/mol. The zero-order valence-electron chi connectivity index (χ0n) is 12.6. The molecular formula is C14H21NO5S. The number of ether oxygens (including phenoxy) is 3. The number of benzene rings is 1. The van der Waals surface area contributed by atoms with Crippen molar-refractivity contribution in [3.8, 4) is 17.2 Å². The van der Waals surface area contributed by atoms with Crippen LogP contribution in [-0.4, -0.2) is 47.1 Å². The summed E-state index contributed by atoms with van der Waals surface area (Å²) in [5.41, 5.74) is 0. The Labute approximate surface area is 125 Å². The molecule has 1 aliphatic heterocycles. The highest BCUT2D eigenvalue weighted by Gasteiger charge is 2.31. The fraction of sp³-hybridized carbons (Fsp3) is 0.571. The summed E-state index contributed by atoms with van der Waals surface area (Å²) in [6.07, 6.45) is 2.83. The molecule has 0 unspecified atom stereocenters. The summed E-state index contributed by atoms with van der Waals surface area (Å²) >= 11 is 0. The lowest BCUT2D eigenvalue weighted by molar-refractivity contribution is 0.314. The van der Waals surface area contributed by atoms with E-state index in [1.54, 1.807) is 6.07 Å². The van der Waals surface area contributed by atoms with Crippen LogP contribution in [0.5, 0.6) is 17.2 Å². The van der Waals surface area contributed by atoms with E-state index < -0.39 is 10.0 Å². The van der Waals surface area contributed by atoms with E-state index >= 15 is 0 Å². The third-order valence-corrected chi connectivity index (χ3v) is 5.52. The molecular weight excluding hydrogens is 294 g/mol. The zero-order chi connectivity index (χ0) is 15.5. The van der Waals surface area contributed by atoms with Gasteiger partial charge in [0.05, 0.1) is 21.3 Å². The van der Waals surface area contributed by atoms with Gasteiger partial charge >= 0.3 is 0 Å². The largest absolute Gasteiger partial charge is 0.493 e. The molecule has 0 saturated carbocycles. The van der Waals surface area contributed by atoms with Gasteiger partial charge in [0, 0.05) is 13.1 Å². The van der Waals surface area contributed by atoms with Crippen molar-refractivity contribution >= 4 is 10.0 Å². The minimum atomic E-state index is -3.59. The average Bonchev–Trinajstić information content (AvgIpc) is 2.53. The van der Waals surface area contributed by atoms with Gasteiger partial charge < -0.3 is 14.2 Å². The van der Waals surface area contributed by atoms with Crippen molar-refractivity contribution in [1.82, 2.24) is 4.31 Å². The summed E-state index contributed by atoms with van der Waals surface area (Å²) in [5.74, 6) is 0.910.